The first-order valence-corrected chi connectivity index (χ1v) is 7.73. The molecule has 4 heteroatoms. The van der Waals surface area contributed by atoms with Crippen LogP contribution in [0.15, 0.2) is 17.5 Å². The molecule has 0 radical (unpaired) electrons. The van der Waals surface area contributed by atoms with E-state index in [9.17, 15) is 0 Å². The molecule has 1 N–H and O–H groups in total. The molecular weight excluding hydrogens is 242 g/mol. The minimum absolute atomic E-state index is 0.618. The monoisotopic (exact) mass is 261 g/mol. The van der Waals surface area contributed by atoms with Crippen molar-refractivity contribution in [3.05, 3.63) is 34.0 Å². The van der Waals surface area contributed by atoms with Gasteiger partial charge in [0.05, 0.1) is 0 Å². The first-order valence-electron chi connectivity index (χ1n) is 6.85. The van der Waals surface area contributed by atoms with Crippen molar-refractivity contribution in [2.45, 2.75) is 50.9 Å². The van der Waals surface area contributed by atoms with E-state index in [1.165, 1.54) is 30.6 Å². The summed E-state index contributed by atoms with van der Waals surface area (Å²) in [7, 11) is 0. The second-order valence-electron chi connectivity index (χ2n) is 5.05. The molecular formula is C14H19N3S. The lowest BCUT2D eigenvalue weighted by Gasteiger charge is -2.00. The largest absolute Gasteiger partial charge is 0.263 e. The van der Waals surface area contributed by atoms with Gasteiger partial charge in [-0.15, -0.1) is 11.3 Å². The highest BCUT2D eigenvalue weighted by molar-refractivity contribution is 7.09. The maximum atomic E-state index is 4.65. The average Bonchev–Trinajstić information content (AvgIpc) is 3.12. The standard InChI is InChI=1S/C14H19N3S/c1-2-6-11(5-1)14-15-13(16-17-14)9-3-7-12-8-4-10-18-12/h4,8,10-11H,1-3,5-7,9H2,(H,15,16,17). The maximum Gasteiger partial charge on any atom is 0.153 e. The number of nitrogens with zero attached hydrogens (tertiary/aromatic N) is 2. The Bertz CT molecular complexity index is 469. The molecule has 1 aliphatic rings. The quantitative estimate of drug-likeness (QED) is 0.891. The fourth-order valence-corrected chi connectivity index (χ4v) is 3.42. The zero-order valence-corrected chi connectivity index (χ0v) is 11.4. The molecule has 3 rings (SSSR count). The number of hydrogen-bond donors (Lipinski definition) is 1. The third-order valence-corrected chi connectivity index (χ3v) is 4.62. The van der Waals surface area contributed by atoms with Gasteiger partial charge < -0.3 is 0 Å². The molecule has 0 bridgehead atoms. The van der Waals surface area contributed by atoms with E-state index < -0.39 is 0 Å². The second kappa shape index (κ2) is 5.65. The topological polar surface area (TPSA) is 41.6 Å². The lowest BCUT2D eigenvalue weighted by molar-refractivity contribution is 0.670. The molecule has 1 aliphatic carbocycles. The Morgan fingerprint density at radius 2 is 2.17 bits per heavy atom. The van der Waals surface area contributed by atoms with E-state index in [0.29, 0.717) is 5.92 Å². The summed E-state index contributed by atoms with van der Waals surface area (Å²) >= 11 is 1.84. The molecule has 0 saturated heterocycles. The molecule has 2 heterocycles. The van der Waals surface area contributed by atoms with Crippen LogP contribution < -0.4 is 0 Å². The summed E-state index contributed by atoms with van der Waals surface area (Å²) in [6.07, 6.45) is 8.54. The highest BCUT2D eigenvalue weighted by Gasteiger charge is 2.20. The van der Waals surface area contributed by atoms with Gasteiger partial charge in [-0.05, 0) is 37.1 Å². The van der Waals surface area contributed by atoms with Gasteiger partial charge in [0.2, 0.25) is 0 Å². The molecule has 1 saturated carbocycles. The molecule has 1 fully saturated rings. The maximum absolute atomic E-state index is 4.65. The highest BCUT2D eigenvalue weighted by Crippen LogP contribution is 2.31. The number of aromatic amines is 1. The van der Waals surface area contributed by atoms with Crippen LogP contribution in [0, 0.1) is 0 Å². The van der Waals surface area contributed by atoms with Crippen LogP contribution in [-0.4, -0.2) is 15.2 Å². The number of H-pyrrole nitrogens is 1. The van der Waals surface area contributed by atoms with Crippen LogP contribution >= 0.6 is 11.3 Å². The van der Waals surface area contributed by atoms with Crippen LogP contribution in [-0.2, 0) is 12.8 Å². The van der Waals surface area contributed by atoms with E-state index in [2.05, 4.69) is 32.7 Å². The molecule has 2 aromatic rings. The minimum Gasteiger partial charge on any atom is -0.263 e. The summed E-state index contributed by atoms with van der Waals surface area (Å²) < 4.78 is 0. The van der Waals surface area contributed by atoms with Gasteiger partial charge in [0.25, 0.3) is 0 Å². The normalized spacial score (nSPS) is 16.4. The van der Waals surface area contributed by atoms with Crippen LogP contribution in [0.25, 0.3) is 0 Å². The lowest BCUT2D eigenvalue weighted by atomic mass is 10.1. The number of thiophene rings is 1. The molecule has 18 heavy (non-hydrogen) atoms. The number of aryl methyl sites for hydroxylation is 2. The summed E-state index contributed by atoms with van der Waals surface area (Å²) in [6.45, 7) is 0. The van der Waals surface area contributed by atoms with Crippen LogP contribution in [0.3, 0.4) is 0 Å². The summed E-state index contributed by atoms with van der Waals surface area (Å²) in [4.78, 5) is 6.11. The van der Waals surface area contributed by atoms with Crippen LogP contribution in [0.1, 0.15) is 54.5 Å². The zero-order valence-electron chi connectivity index (χ0n) is 10.6. The van der Waals surface area contributed by atoms with E-state index in [0.717, 1.165) is 30.9 Å². The van der Waals surface area contributed by atoms with Crippen LogP contribution in [0.4, 0.5) is 0 Å². The molecule has 0 unspecified atom stereocenters. The summed E-state index contributed by atoms with van der Waals surface area (Å²) in [5.74, 6) is 2.74. The summed E-state index contributed by atoms with van der Waals surface area (Å²) in [5, 5.41) is 9.63. The number of hydrogen-bond acceptors (Lipinski definition) is 3. The Balaban J connectivity index is 1.50. The molecule has 3 nitrogen and oxygen atoms in total. The van der Waals surface area contributed by atoms with Crippen molar-refractivity contribution in [1.29, 1.82) is 0 Å². The van der Waals surface area contributed by atoms with Gasteiger partial charge in [-0.25, -0.2) is 4.98 Å². The minimum atomic E-state index is 0.618. The van der Waals surface area contributed by atoms with Crippen molar-refractivity contribution < 1.29 is 0 Å². The molecule has 2 aromatic heterocycles. The van der Waals surface area contributed by atoms with Crippen molar-refractivity contribution in [3.8, 4) is 0 Å². The second-order valence-corrected chi connectivity index (χ2v) is 6.09. The van der Waals surface area contributed by atoms with Gasteiger partial charge in [-0.2, -0.15) is 5.10 Å². The van der Waals surface area contributed by atoms with Crippen LogP contribution in [0.5, 0.6) is 0 Å². The van der Waals surface area contributed by atoms with Gasteiger partial charge in [0, 0.05) is 17.2 Å². The average molecular weight is 261 g/mol. The van der Waals surface area contributed by atoms with Crippen molar-refractivity contribution in [3.63, 3.8) is 0 Å². The first kappa shape index (κ1) is 11.9. The van der Waals surface area contributed by atoms with Gasteiger partial charge >= 0.3 is 0 Å². The molecule has 0 spiro atoms. The Kier molecular flexibility index (Phi) is 3.74. The number of aromatic nitrogens is 3. The Hall–Kier alpha value is -1.16. The zero-order chi connectivity index (χ0) is 12.2. The number of nitrogens with one attached hydrogen (secondary N) is 1. The van der Waals surface area contributed by atoms with E-state index in [-0.39, 0.29) is 0 Å². The van der Waals surface area contributed by atoms with Crippen molar-refractivity contribution in [2.75, 3.05) is 0 Å². The fraction of sp³-hybridized carbons (Fsp3) is 0.571. The van der Waals surface area contributed by atoms with Gasteiger partial charge in [0.15, 0.2) is 5.82 Å². The van der Waals surface area contributed by atoms with Crippen molar-refractivity contribution in [1.82, 2.24) is 15.2 Å². The predicted octanol–water partition coefficient (Wildman–Crippen LogP) is 3.70. The van der Waals surface area contributed by atoms with Gasteiger partial charge in [0.1, 0.15) is 5.82 Å². The van der Waals surface area contributed by atoms with Crippen molar-refractivity contribution in [2.24, 2.45) is 0 Å². The van der Waals surface area contributed by atoms with E-state index in [1.54, 1.807) is 0 Å². The smallest absolute Gasteiger partial charge is 0.153 e. The van der Waals surface area contributed by atoms with E-state index in [4.69, 9.17) is 0 Å². The molecule has 96 valence electrons. The van der Waals surface area contributed by atoms with Crippen molar-refractivity contribution >= 4 is 11.3 Å². The Labute approximate surface area is 112 Å². The molecule has 0 aliphatic heterocycles. The predicted molar refractivity (Wildman–Crippen MR) is 73.9 cm³/mol. The van der Waals surface area contributed by atoms with Gasteiger partial charge in [-0.1, -0.05) is 18.9 Å². The third-order valence-electron chi connectivity index (χ3n) is 3.69. The SMILES string of the molecule is c1csc(CCCc2nc(C3CCCC3)n[nH]2)c1. The Morgan fingerprint density at radius 3 is 2.94 bits per heavy atom. The number of rotatable bonds is 5. The van der Waals surface area contributed by atoms with E-state index in [1.807, 2.05) is 11.3 Å². The molecule has 0 atom stereocenters. The lowest BCUT2D eigenvalue weighted by Crippen LogP contribution is -1.95. The van der Waals surface area contributed by atoms with Gasteiger partial charge in [-0.3, -0.25) is 5.10 Å². The first-order chi connectivity index (χ1) is 8.92. The third kappa shape index (κ3) is 2.80. The highest BCUT2D eigenvalue weighted by atomic mass is 32.1. The summed E-state index contributed by atoms with van der Waals surface area (Å²) in [6, 6.07) is 4.32. The van der Waals surface area contributed by atoms with Crippen LogP contribution in [0.2, 0.25) is 0 Å². The fourth-order valence-electron chi connectivity index (χ4n) is 2.67. The Morgan fingerprint density at radius 1 is 1.28 bits per heavy atom. The summed E-state index contributed by atoms with van der Waals surface area (Å²) in [5.41, 5.74) is 0. The molecule has 0 aromatic carbocycles. The molecule has 0 amide bonds. The van der Waals surface area contributed by atoms with E-state index >= 15 is 0 Å².